The van der Waals surface area contributed by atoms with Crippen LogP contribution in [0.25, 0.3) is 0 Å². The van der Waals surface area contributed by atoms with Crippen LogP contribution < -0.4 is 10.6 Å². The van der Waals surface area contributed by atoms with Gasteiger partial charge in [-0.2, -0.15) is 5.10 Å². The lowest BCUT2D eigenvalue weighted by Crippen LogP contribution is -2.31. The number of hydrogen-bond donors (Lipinski definition) is 2. The molecule has 3 N–H and O–H groups in total. The molecule has 0 radical (unpaired) electrons. The van der Waals surface area contributed by atoms with E-state index in [1.54, 1.807) is 6.20 Å². The predicted octanol–water partition coefficient (Wildman–Crippen LogP) is 0.424. The van der Waals surface area contributed by atoms with Crippen LogP contribution in [0, 0.1) is 0 Å². The van der Waals surface area contributed by atoms with Gasteiger partial charge in [-0.1, -0.05) is 6.92 Å². The van der Waals surface area contributed by atoms with Crippen molar-refractivity contribution in [3.8, 4) is 0 Å². The van der Waals surface area contributed by atoms with E-state index in [-0.39, 0.29) is 5.69 Å². The fourth-order valence-corrected chi connectivity index (χ4v) is 2.47. The van der Waals surface area contributed by atoms with Crippen molar-refractivity contribution in [3.05, 3.63) is 35.0 Å². The van der Waals surface area contributed by atoms with Crippen LogP contribution in [0.4, 0.5) is 5.82 Å². The van der Waals surface area contributed by atoms with E-state index in [0.29, 0.717) is 5.82 Å². The number of anilines is 1. The first kappa shape index (κ1) is 12.6. The van der Waals surface area contributed by atoms with Gasteiger partial charge in [-0.15, -0.1) is 0 Å². The number of primary amides is 1. The Bertz CT molecular complexity index is 637. The highest BCUT2D eigenvalue weighted by atomic mass is 16.1. The lowest BCUT2D eigenvalue weighted by Gasteiger charge is -2.27. The van der Waals surface area contributed by atoms with Crippen LogP contribution in [0.3, 0.4) is 0 Å². The highest BCUT2D eigenvalue weighted by Crippen LogP contribution is 2.24. The molecule has 0 aliphatic carbocycles. The van der Waals surface area contributed by atoms with Crippen molar-refractivity contribution in [2.75, 3.05) is 11.4 Å². The smallest absolute Gasteiger partial charge is 0.268 e. The minimum Gasteiger partial charge on any atom is -0.364 e. The predicted molar refractivity (Wildman–Crippen MR) is 73.3 cm³/mol. The molecule has 20 heavy (non-hydrogen) atoms. The Morgan fingerprint density at radius 1 is 1.50 bits per heavy atom. The van der Waals surface area contributed by atoms with Gasteiger partial charge in [-0.05, 0) is 6.42 Å². The van der Waals surface area contributed by atoms with Crippen LogP contribution in [-0.2, 0) is 19.4 Å². The summed E-state index contributed by atoms with van der Waals surface area (Å²) in [6, 6.07) is 0. The zero-order valence-corrected chi connectivity index (χ0v) is 11.3. The fraction of sp³-hybridized carbons (Fsp3) is 0.385. The highest BCUT2D eigenvalue weighted by molar-refractivity contribution is 5.90. The van der Waals surface area contributed by atoms with Gasteiger partial charge in [0.05, 0.1) is 18.1 Å². The molecular formula is C13H16N6O. The SMILES string of the molecule is CCc1n[nH]c2c1CN(c1cncc(C(N)=O)n1)CC2. The maximum atomic E-state index is 11.2. The summed E-state index contributed by atoms with van der Waals surface area (Å²) in [7, 11) is 0. The summed E-state index contributed by atoms with van der Waals surface area (Å²) in [6.07, 6.45) is 4.82. The van der Waals surface area contributed by atoms with Crippen molar-refractivity contribution in [2.45, 2.75) is 26.3 Å². The summed E-state index contributed by atoms with van der Waals surface area (Å²) in [4.78, 5) is 21.6. The first-order valence-electron chi connectivity index (χ1n) is 6.60. The van der Waals surface area contributed by atoms with Gasteiger partial charge in [0.1, 0.15) is 11.5 Å². The van der Waals surface area contributed by atoms with E-state index >= 15 is 0 Å². The van der Waals surface area contributed by atoms with Crippen molar-refractivity contribution < 1.29 is 4.79 Å². The molecule has 7 heteroatoms. The Balaban J connectivity index is 1.89. The van der Waals surface area contributed by atoms with E-state index in [9.17, 15) is 4.79 Å². The number of aromatic nitrogens is 4. The maximum absolute atomic E-state index is 11.2. The number of carbonyl (C=O) groups excluding carboxylic acids is 1. The standard InChI is InChI=1S/C13H16N6O/c1-2-9-8-7-19(4-3-10(8)18-17-9)12-6-15-5-11(16-12)13(14)20/h5-6H,2-4,7H2,1H3,(H2,14,20)(H,17,18). The first-order chi connectivity index (χ1) is 9.69. The van der Waals surface area contributed by atoms with E-state index < -0.39 is 5.91 Å². The van der Waals surface area contributed by atoms with Crippen molar-refractivity contribution in [1.82, 2.24) is 20.2 Å². The fourth-order valence-electron chi connectivity index (χ4n) is 2.47. The Morgan fingerprint density at radius 3 is 3.10 bits per heavy atom. The monoisotopic (exact) mass is 272 g/mol. The van der Waals surface area contributed by atoms with Gasteiger partial charge in [-0.25, -0.2) is 4.98 Å². The van der Waals surface area contributed by atoms with E-state index in [2.05, 4.69) is 32.0 Å². The minimum atomic E-state index is -0.561. The number of hydrogen-bond acceptors (Lipinski definition) is 5. The molecule has 7 nitrogen and oxygen atoms in total. The number of H-pyrrole nitrogens is 1. The molecule has 0 aromatic carbocycles. The zero-order chi connectivity index (χ0) is 14.1. The van der Waals surface area contributed by atoms with Crippen LogP contribution in [0.2, 0.25) is 0 Å². The number of nitrogens with two attached hydrogens (primary N) is 1. The minimum absolute atomic E-state index is 0.191. The van der Waals surface area contributed by atoms with Crippen LogP contribution in [0.5, 0.6) is 0 Å². The third-order valence-corrected chi connectivity index (χ3v) is 3.55. The lowest BCUT2D eigenvalue weighted by atomic mass is 10.0. The summed E-state index contributed by atoms with van der Waals surface area (Å²) in [5.41, 5.74) is 8.94. The van der Waals surface area contributed by atoms with Crippen LogP contribution in [0.1, 0.15) is 34.4 Å². The maximum Gasteiger partial charge on any atom is 0.268 e. The van der Waals surface area contributed by atoms with Crippen LogP contribution in [-0.4, -0.2) is 32.6 Å². The molecule has 104 valence electrons. The summed E-state index contributed by atoms with van der Waals surface area (Å²) in [6.45, 7) is 3.63. The topological polar surface area (TPSA) is 101 Å². The molecule has 0 fully saturated rings. The Morgan fingerprint density at radius 2 is 2.35 bits per heavy atom. The second-order valence-corrected chi connectivity index (χ2v) is 4.78. The molecule has 0 atom stereocenters. The van der Waals surface area contributed by atoms with Gasteiger partial charge in [-0.3, -0.25) is 14.9 Å². The molecule has 1 aliphatic rings. The molecule has 3 heterocycles. The Labute approximate surface area is 116 Å². The molecule has 0 saturated heterocycles. The second kappa shape index (κ2) is 4.92. The van der Waals surface area contributed by atoms with Crippen molar-refractivity contribution >= 4 is 11.7 Å². The van der Waals surface area contributed by atoms with Gasteiger partial charge >= 0.3 is 0 Å². The van der Waals surface area contributed by atoms with E-state index in [0.717, 1.165) is 31.6 Å². The molecular weight excluding hydrogens is 256 g/mol. The lowest BCUT2D eigenvalue weighted by molar-refractivity contribution is 0.0995. The van der Waals surface area contributed by atoms with Crippen molar-refractivity contribution in [3.63, 3.8) is 0 Å². The average molecular weight is 272 g/mol. The number of nitrogens with one attached hydrogen (secondary N) is 1. The van der Waals surface area contributed by atoms with E-state index in [1.807, 2.05) is 0 Å². The molecule has 0 bridgehead atoms. The number of aromatic amines is 1. The number of fused-ring (bicyclic) bond motifs is 1. The van der Waals surface area contributed by atoms with Gasteiger partial charge in [0, 0.05) is 30.8 Å². The van der Waals surface area contributed by atoms with Crippen LogP contribution >= 0.6 is 0 Å². The second-order valence-electron chi connectivity index (χ2n) is 4.78. The summed E-state index contributed by atoms with van der Waals surface area (Å²) in [5.74, 6) is 0.116. The quantitative estimate of drug-likeness (QED) is 0.843. The molecule has 0 saturated carbocycles. The van der Waals surface area contributed by atoms with Crippen molar-refractivity contribution in [1.29, 1.82) is 0 Å². The largest absolute Gasteiger partial charge is 0.364 e. The molecule has 2 aromatic rings. The zero-order valence-electron chi connectivity index (χ0n) is 11.3. The van der Waals surface area contributed by atoms with Crippen molar-refractivity contribution in [2.24, 2.45) is 5.73 Å². The van der Waals surface area contributed by atoms with Gasteiger partial charge in [0.2, 0.25) is 0 Å². The van der Waals surface area contributed by atoms with Crippen LogP contribution in [0.15, 0.2) is 12.4 Å². The number of rotatable bonds is 3. The molecule has 1 aliphatic heterocycles. The molecule has 2 aromatic heterocycles. The number of nitrogens with zero attached hydrogens (tertiary/aromatic N) is 4. The van der Waals surface area contributed by atoms with Gasteiger partial charge in [0.25, 0.3) is 5.91 Å². The Kier molecular flexibility index (Phi) is 3.09. The van der Waals surface area contributed by atoms with E-state index in [1.165, 1.54) is 17.5 Å². The highest BCUT2D eigenvalue weighted by Gasteiger charge is 2.22. The molecule has 0 spiro atoms. The van der Waals surface area contributed by atoms with Gasteiger partial charge in [0.15, 0.2) is 0 Å². The summed E-state index contributed by atoms with van der Waals surface area (Å²) < 4.78 is 0. The Hall–Kier alpha value is -2.44. The number of carbonyl (C=O) groups is 1. The first-order valence-corrected chi connectivity index (χ1v) is 6.60. The van der Waals surface area contributed by atoms with E-state index in [4.69, 9.17) is 5.73 Å². The third kappa shape index (κ3) is 2.11. The van der Waals surface area contributed by atoms with Gasteiger partial charge < -0.3 is 10.6 Å². The summed E-state index contributed by atoms with van der Waals surface area (Å²) >= 11 is 0. The normalized spacial score (nSPS) is 14.2. The third-order valence-electron chi connectivity index (χ3n) is 3.55. The number of amides is 1. The average Bonchev–Trinajstić information content (AvgIpc) is 2.89. The number of aryl methyl sites for hydroxylation is 1. The summed E-state index contributed by atoms with van der Waals surface area (Å²) in [5, 5.41) is 7.42. The molecule has 3 rings (SSSR count). The molecule has 1 amide bonds. The molecule has 0 unspecified atom stereocenters.